The molecule has 0 heterocycles. The average molecular weight is 262 g/mol. The smallest absolute Gasteiger partial charge is 0.269 e. The maximum absolute atomic E-state index is 13.0. The standard InChI is InChI=1S/C13H11FN2O3/c14-10-5-9(6-13(17)7-10)8-15-11-1-3-12(4-2-11)16(18)19/h1-7,15,17H,8H2. The maximum atomic E-state index is 13.0. The minimum absolute atomic E-state index is 0.00829. The number of phenolic OH excluding ortho intramolecular Hbond substituents is 1. The van der Waals surface area contributed by atoms with Crippen LogP contribution in [0.25, 0.3) is 0 Å². The lowest BCUT2D eigenvalue weighted by molar-refractivity contribution is -0.384. The number of anilines is 1. The summed E-state index contributed by atoms with van der Waals surface area (Å²) in [5, 5.41) is 22.7. The Morgan fingerprint density at radius 3 is 2.47 bits per heavy atom. The number of hydrogen-bond acceptors (Lipinski definition) is 4. The number of phenols is 1. The minimum atomic E-state index is -0.513. The molecule has 0 aliphatic carbocycles. The molecule has 6 heteroatoms. The molecule has 0 aliphatic heterocycles. The molecule has 2 rings (SSSR count). The molecular formula is C13H11FN2O3. The van der Waals surface area contributed by atoms with Gasteiger partial charge >= 0.3 is 0 Å². The van der Waals surface area contributed by atoms with Crippen molar-refractivity contribution in [2.75, 3.05) is 5.32 Å². The number of benzene rings is 2. The van der Waals surface area contributed by atoms with E-state index in [1.54, 1.807) is 12.1 Å². The van der Waals surface area contributed by atoms with Crippen LogP contribution < -0.4 is 5.32 Å². The van der Waals surface area contributed by atoms with Crippen LogP contribution in [-0.2, 0) is 6.54 Å². The first kappa shape index (κ1) is 12.8. The van der Waals surface area contributed by atoms with Gasteiger partial charge in [0.15, 0.2) is 0 Å². The number of halogens is 1. The normalized spacial score (nSPS) is 10.2. The van der Waals surface area contributed by atoms with Gasteiger partial charge in [-0.15, -0.1) is 0 Å². The van der Waals surface area contributed by atoms with E-state index in [1.165, 1.54) is 24.3 Å². The predicted molar refractivity (Wildman–Crippen MR) is 68.5 cm³/mol. The molecule has 0 spiro atoms. The lowest BCUT2D eigenvalue weighted by atomic mass is 10.2. The van der Waals surface area contributed by atoms with Crippen LogP contribution >= 0.6 is 0 Å². The van der Waals surface area contributed by atoms with Crippen LogP contribution in [-0.4, -0.2) is 10.0 Å². The third-order valence-electron chi connectivity index (χ3n) is 2.52. The molecule has 0 unspecified atom stereocenters. The largest absolute Gasteiger partial charge is 0.508 e. The molecule has 2 aromatic rings. The second-order valence-electron chi connectivity index (χ2n) is 3.98. The van der Waals surface area contributed by atoms with Gasteiger partial charge in [0.2, 0.25) is 0 Å². The molecule has 0 atom stereocenters. The number of rotatable bonds is 4. The number of nitrogens with one attached hydrogen (secondary N) is 1. The first-order chi connectivity index (χ1) is 9.04. The third kappa shape index (κ3) is 3.41. The summed E-state index contributed by atoms with van der Waals surface area (Å²) < 4.78 is 13.0. The Bertz CT molecular complexity index is 579. The number of non-ortho nitro benzene ring substituents is 1. The van der Waals surface area contributed by atoms with Gasteiger partial charge in [-0.3, -0.25) is 10.1 Å². The highest BCUT2D eigenvalue weighted by molar-refractivity contribution is 5.49. The zero-order valence-corrected chi connectivity index (χ0v) is 9.84. The van der Waals surface area contributed by atoms with Gasteiger partial charge in [0.1, 0.15) is 11.6 Å². The van der Waals surface area contributed by atoms with Gasteiger partial charge in [0.05, 0.1) is 4.92 Å². The summed E-state index contributed by atoms with van der Waals surface area (Å²) in [6, 6.07) is 9.67. The van der Waals surface area contributed by atoms with Crippen LogP contribution in [0.5, 0.6) is 5.75 Å². The van der Waals surface area contributed by atoms with E-state index in [9.17, 15) is 19.6 Å². The van der Waals surface area contributed by atoms with Crippen molar-refractivity contribution in [1.82, 2.24) is 0 Å². The van der Waals surface area contributed by atoms with Crippen molar-refractivity contribution in [3.8, 4) is 5.75 Å². The molecule has 2 aromatic carbocycles. The number of nitro benzene ring substituents is 1. The van der Waals surface area contributed by atoms with Gasteiger partial charge in [0.25, 0.3) is 5.69 Å². The lowest BCUT2D eigenvalue weighted by Gasteiger charge is -2.07. The molecule has 2 N–H and O–H groups in total. The quantitative estimate of drug-likeness (QED) is 0.656. The predicted octanol–water partition coefficient (Wildman–Crippen LogP) is 3.05. The van der Waals surface area contributed by atoms with Crippen molar-refractivity contribution in [3.05, 3.63) is 64.0 Å². The zero-order chi connectivity index (χ0) is 13.8. The lowest BCUT2D eigenvalue weighted by Crippen LogP contribution is -2.00. The monoisotopic (exact) mass is 262 g/mol. The van der Waals surface area contributed by atoms with E-state index in [2.05, 4.69) is 5.32 Å². The number of nitro groups is 1. The summed E-state index contributed by atoms with van der Waals surface area (Å²) in [7, 11) is 0. The van der Waals surface area contributed by atoms with Crippen LogP contribution in [0.15, 0.2) is 42.5 Å². The van der Waals surface area contributed by atoms with Gasteiger partial charge < -0.3 is 10.4 Å². The molecule has 0 amide bonds. The summed E-state index contributed by atoms with van der Waals surface area (Å²) in [6.07, 6.45) is 0. The summed E-state index contributed by atoms with van der Waals surface area (Å²) >= 11 is 0. The van der Waals surface area contributed by atoms with E-state index in [0.29, 0.717) is 17.8 Å². The van der Waals surface area contributed by atoms with E-state index >= 15 is 0 Å². The van der Waals surface area contributed by atoms with E-state index in [4.69, 9.17) is 0 Å². The van der Waals surface area contributed by atoms with Crippen molar-refractivity contribution in [1.29, 1.82) is 0 Å². The van der Waals surface area contributed by atoms with E-state index < -0.39 is 10.7 Å². The van der Waals surface area contributed by atoms with Crippen LogP contribution in [0, 0.1) is 15.9 Å². The minimum Gasteiger partial charge on any atom is -0.508 e. The Hall–Kier alpha value is -2.63. The van der Waals surface area contributed by atoms with Crippen molar-refractivity contribution in [2.45, 2.75) is 6.54 Å². The average Bonchev–Trinajstić information content (AvgIpc) is 2.36. The first-order valence-electron chi connectivity index (χ1n) is 5.51. The van der Waals surface area contributed by atoms with Gasteiger partial charge in [-0.05, 0) is 29.8 Å². The van der Waals surface area contributed by atoms with Crippen LogP contribution in [0.2, 0.25) is 0 Å². The van der Waals surface area contributed by atoms with Crippen LogP contribution in [0.4, 0.5) is 15.8 Å². The Morgan fingerprint density at radius 1 is 1.21 bits per heavy atom. The van der Waals surface area contributed by atoms with Crippen LogP contribution in [0.3, 0.4) is 0 Å². The molecule has 19 heavy (non-hydrogen) atoms. The number of hydrogen-bond donors (Lipinski definition) is 2. The third-order valence-corrected chi connectivity index (χ3v) is 2.52. The van der Waals surface area contributed by atoms with Crippen molar-refractivity contribution >= 4 is 11.4 Å². The summed E-state index contributed by atoms with van der Waals surface area (Å²) in [5.74, 6) is -0.652. The van der Waals surface area contributed by atoms with Gasteiger partial charge in [0, 0.05) is 30.4 Å². The molecule has 0 aromatic heterocycles. The SMILES string of the molecule is O=[N+]([O-])c1ccc(NCc2cc(O)cc(F)c2)cc1. The Labute approximate surface area is 108 Å². The number of nitrogens with zero attached hydrogens (tertiary/aromatic N) is 1. The molecule has 0 bridgehead atoms. The van der Waals surface area contributed by atoms with Crippen molar-refractivity contribution in [3.63, 3.8) is 0 Å². The van der Waals surface area contributed by atoms with Gasteiger partial charge in [-0.1, -0.05) is 0 Å². The summed E-state index contributed by atoms with van der Waals surface area (Å²) in [4.78, 5) is 10.0. The highest BCUT2D eigenvalue weighted by Gasteiger charge is 2.04. The van der Waals surface area contributed by atoms with E-state index in [-0.39, 0.29) is 11.4 Å². The Balaban J connectivity index is 2.03. The molecule has 0 radical (unpaired) electrons. The van der Waals surface area contributed by atoms with Crippen molar-refractivity contribution < 1.29 is 14.4 Å². The maximum Gasteiger partial charge on any atom is 0.269 e. The van der Waals surface area contributed by atoms with Crippen LogP contribution in [0.1, 0.15) is 5.56 Å². The molecule has 98 valence electrons. The van der Waals surface area contributed by atoms with Gasteiger partial charge in [-0.2, -0.15) is 0 Å². The summed E-state index contributed by atoms with van der Waals surface area (Å²) in [5.41, 5.74) is 1.26. The fourth-order valence-corrected chi connectivity index (χ4v) is 1.64. The molecule has 0 saturated heterocycles. The molecule has 0 saturated carbocycles. The van der Waals surface area contributed by atoms with E-state index in [0.717, 1.165) is 6.07 Å². The molecule has 0 fully saturated rings. The highest BCUT2D eigenvalue weighted by Crippen LogP contribution is 2.18. The second kappa shape index (κ2) is 5.34. The Morgan fingerprint density at radius 2 is 1.89 bits per heavy atom. The van der Waals surface area contributed by atoms with E-state index in [1.807, 2.05) is 0 Å². The fourth-order valence-electron chi connectivity index (χ4n) is 1.64. The fraction of sp³-hybridized carbons (Fsp3) is 0.0769. The molecule has 0 aliphatic rings. The number of aromatic hydroxyl groups is 1. The Kier molecular flexibility index (Phi) is 3.61. The second-order valence-corrected chi connectivity index (χ2v) is 3.98. The molecule has 5 nitrogen and oxygen atoms in total. The topological polar surface area (TPSA) is 75.4 Å². The first-order valence-corrected chi connectivity index (χ1v) is 5.51. The van der Waals surface area contributed by atoms with Gasteiger partial charge in [-0.25, -0.2) is 4.39 Å². The molecular weight excluding hydrogens is 251 g/mol. The summed E-state index contributed by atoms with van der Waals surface area (Å²) in [6.45, 7) is 0.309. The van der Waals surface area contributed by atoms with Crippen molar-refractivity contribution in [2.24, 2.45) is 0 Å². The highest BCUT2D eigenvalue weighted by atomic mass is 19.1. The zero-order valence-electron chi connectivity index (χ0n) is 9.84.